The van der Waals surface area contributed by atoms with E-state index in [1.54, 1.807) is 4.57 Å². The summed E-state index contributed by atoms with van der Waals surface area (Å²) in [5.74, 6) is 0.596. The molecule has 0 aliphatic carbocycles. The highest BCUT2D eigenvalue weighted by Gasteiger charge is 2.27. The van der Waals surface area contributed by atoms with E-state index in [-0.39, 0.29) is 23.1 Å². The summed E-state index contributed by atoms with van der Waals surface area (Å²) in [7, 11) is 1.49. The molecule has 1 aromatic rings. The second-order valence-corrected chi connectivity index (χ2v) is 6.36. The van der Waals surface area contributed by atoms with Gasteiger partial charge in [0, 0.05) is 39.3 Å². The van der Waals surface area contributed by atoms with Gasteiger partial charge in [-0.1, -0.05) is 13.3 Å². The summed E-state index contributed by atoms with van der Waals surface area (Å²) in [5, 5.41) is 2.99. The number of aromatic nitrogens is 2. The van der Waals surface area contributed by atoms with Crippen LogP contribution in [0.3, 0.4) is 0 Å². The van der Waals surface area contributed by atoms with Gasteiger partial charge in [-0.25, -0.2) is 4.79 Å². The number of unbranched alkanes of at least 4 members (excludes halogenated alkanes) is 1. The zero-order valence-electron chi connectivity index (χ0n) is 14.9. The van der Waals surface area contributed by atoms with Crippen molar-refractivity contribution in [2.45, 2.75) is 46.1 Å². The minimum absolute atomic E-state index is 0.0716. The van der Waals surface area contributed by atoms with E-state index >= 15 is 0 Å². The fraction of sp³-hybridized carbons (Fsp3) is 0.706. The van der Waals surface area contributed by atoms with Crippen LogP contribution in [0.5, 0.6) is 0 Å². The van der Waals surface area contributed by atoms with Crippen molar-refractivity contribution in [1.29, 1.82) is 0 Å². The first-order valence-electron chi connectivity index (χ1n) is 8.83. The molecule has 1 saturated heterocycles. The smallest absolute Gasteiger partial charge is 0.332 e. The standard InChI is InChI=1S/C17H28N4O3/c1-4-6-9-18-16(23)13-8-7-10-20(12-13)14-11-15(22)19(3)17(24)21(14)5-2/h11,13H,4-10,12H2,1-3H3,(H,18,23)/t13-/m0/s1. The Morgan fingerprint density at radius 1 is 1.33 bits per heavy atom. The van der Waals surface area contributed by atoms with E-state index in [0.717, 1.165) is 36.8 Å². The van der Waals surface area contributed by atoms with Gasteiger partial charge >= 0.3 is 5.69 Å². The van der Waals surface area contributed by atoms with Gasteiger partial charge in [0.2, 0.25) is 5.91 Å². The number of hydrogen-bond acceptors (Lipinski definition) is 4. The molecule has 0 spiro atoms. The van der Waals surface area contributed by atoms with E-state index in [1.807, 2.05) is 11.8 Å². The molecule has 1 aromatic heterocycles. The molecule has 7 heteroatoms. The lowest BCUT2D eigenvalue weighted by Gasteiger charge is -2.34. The number of carbonyl (C=O) groups excluding carboxylic acids is 1. The molecule has 1 N–H and O–H groups in total. The minimum atomic E-state index is -0.311. The lowest BCUT2D eigenvalue weighted by molar-refractivity contribution is -0.125. The van der Waals surface area contributed by atoms with Crippen molar-refractivity contribution in [3.63, 3.8) is 0 Å². The molecule has 1 aliphatic heterocycles. The Labute approximate surface area is 142 Å². The van der Waals surface area contributed by atoms with Crippen molar-refractivity contribution >= 4 is 11.7 Å². The van der Waals surface area contributed by atoms with Crippen molar-refractivity contribution in [3.8, 4) is 0 Å². The van der Waals surface area contributed by atoms with Crippen LogP contribution >= 0.6 is 0 Å². The number of nitrogens with one attached hydrogen (secondary N) is 1. The number of rotatable bonds is 6. The van der Waals surface area contributed by atoms with Gasteiger partial charge in [0.25, 0.3) is 5.56 Å². The van der Waals surface area contributed by atoms with E-state index in [0.29, 0.717) is 25.5 Å². The fourth-order valence-electron chi connectivity index (χ4n) is 3.15. The van der Waals surface area contributed by atoms with Crippen molar-refractivity contribution in [2.75, 3.05) is 24.5 Å². The molecular formula is C17H28N4O3. The van der Waals surface area contributed by atoms with Crippen LogP contribution < -0.4 is 21.5 Å². The Bertz CT molecular complexity index is 692. The van der Waals surface area contributed by atoms with Crippen molar-refractivity contribution < 1.29 is 4.79 Å². The highest BCUT2D eigenvalue weighted by Crippen LogP contribution is 2.21. The van der Waals surface area contributed by atoms with Gasteiger partial charge in [-0.2, -0.15) is 0 Å². The van der Waals surface area contributed by atoms with Crippen LogP contribution in [0, 0.1) is 5.92 Å². The molecule has 24 heavy (non-hydrogen) atoms. The Balaban J connectivity index is 2.19. The monoisotopic (exact) mass is 336 g/mol. The van der Waals surface area contributed by atoms with Crippen LogP contribution in [0.1, 0.15) is 39.5 Å². The normalized spacial score (nSPS) is 17.8. The first-order valence-corrected chi connectivity index (χ1v) is 8.83. The van der Waals surface area contributed by atoms with E-state index in [9.17, 15) is 14.4 Å². The average molecular weight is 336 g/mol. The highest BCUT2D eigenvalue weighted by molar-refractivity contribution is 5.79. The molecule has 1 atom stereocenters. The number of hydrogen-bond donors (Lipinski definition) is 1. The van der Waals surface area contributed by atoms with Crippen LogP contribution in [0.15, 0.2) is 15.7 Å². The number of anilines is 1. The van der Waals surface area contributed by atoms with Gasteiger partial charge in [0.15, 0.2) is 0 Å². The predicted molar refractivity (Wildman–Crippen MR) is 94.5 cm³/mol. The molecule has 0 saturated carbocycles. The van der Waals surface area contributed by atoms with Gasteiger partial charge in [0.05, 0.1) is 5.92 Å². The Hall–Kier alpha value is -2.05. The van der Waals surface area contributed by atoms with Crippen molar-refractivity contribution in [2.24, 2.45) is 13.0 Å². The van der Waals surface area contributed by atoms with E-state index < -0.39 is 0 Å². The third-order valence-electron chi connectivity index (χ3n) is 4.64. The topological polar surface area (TPSA) is 76.3 Å². The summed E-state index contributed by atoms with van der Waals surface area (Å²) in [4.78, 5) is 38.6. The minimum Gasteiger partial charge on any atom is -0.357 e. The molecule has 1 amide bonds. The second kappa shape index (κ2) is 8.17. The molecule has 134 valence electrons. The van der Waals surface area contributed by atoms with E-state index in [1.165, 1.54) is 13.1 Å². The van der Waals surface area contributed by atoms with Crippen molar-refractivity contribution in [1.82, 2.24) is 14.5 Å². The van der Waals surface area contributed by atoms with E-state index in [4.69, 9.17) is 0 Å². The maximum atomic E-state index is 12.3. The average Bonchev–Trinajstić information content (AvgIpc) is 2.59. The molecule has 0 unspecified atom stereocenters. The molecule has 0 bridgehead atoms. The third kappa shape index (κ3) is 3.88. The van der Waals surface area contributed by atoms with Crippen LogP contribution in [0.25, 0.3) is 0 Å². The number of carbonyl (C=O) groups is 1. The number of piperidine rings is 1. The molecular weight excluding hydrogens is 308 g/mol. The van der Waals surface area contributed by atoms with Gasteiger partial charge in [-0.3, -0.25) is 18.7 Å². The third-order valence-corrected chi connectivity index (χ3v) is 4.64. The fourth-order valence-corrected chi connectivity index (χ4v) is 3.15. The Kier molecular flexibility index (Phi) is 6.23. The molecule has 1 aliphatic rings. The Morgan fingerprint density at radius 2 is 2.08 bits per heavy atom. The summed E-state index contributed by atoms with van der Waals surface area (Å²) in [6, 6.07) is 1.50. The predicted octanol–water partition coefficient (Wildman–Crippen LogP) is 0.700. The summed E-state index contributed by atoms with van der Waals surface area (Å²) in [6.45, 7) is 6.47. The summed E-state index contributed by atoms with van der Waals surface area (Å²) in [5.41, 5.74) is -0.622. The second-order valence-electron chi connectivity index (χ2n) is 6.36. The lowest BCUT2D eigenvalue weighted by atomic mass is 9.97. The van der Waals surface area contributed by atoms with Crippen LogP contribution in [-0.4, -0.2) is 34.7 Å². The van der Waals surface area contributed by atoms with Gasteiger partial charge < -0.3 is 10.2 Å². The summed E-state index contributed by atoms with van der Waals surface area (Å²) < 4.78 is 2.71. The van der Waals surface area contributed by atoms with Gasteiger partial charge in [0.1, 0.15) is 5.82 Å². The maximum Gasteiger partial charge on any atom is 0.332 e. The van der Waals surface area contributed by atoms with Gasteiger partial charge in [-0.05, 0) is 26.2 Å². The first-order chi connectivity index (χ1) is 11.5. The number of nitrogens with zero attached hydrogens (tertiary/aromatic N) is 3. The quantitative estimate of drug-likeness (QED) is 0.776. The van der Waals surface area contributed by atoms with Gasteiger partial charge in [-0.15, -0.1) is 0 Å². The molecule has 0 aromatic carbocycles. The summed E-state index contributed by atoms with van der Waals surface area (Å²) in [6.07, 6.45) is 3.74. The van der Waals surface area contributed by atoms with Crippen LogP contribution in [0.2, 0.25) is 0 Å². The largest absolute Gasteiger partial charge is 0.357 e. The lowest BCUT2D eigenvalue weighted by Crippen LogP contribution is -2.47. The molecule has 0 radical (unpaired) electrons. The molecule has 2 heterocycles. The van der Waals surface area contributed by atoms with E-state index in [2.05, 4.69) is 12.2 Å². The first kappa shape index (κ1) is 18.3. The Morgan fingerprint density at radius 3 is 2.75 bits per heavy atom. The molecule has 1 fully saturated rings. The van der Waals surface area contributed by atoms with Crippen LogP contribution in [0.4, 0.5) is 5.82 Å². The van der Waals surface area contributed by atoms with Crippen LogP contribution in [-0.2, 0) is 18.4 Å². The summed E-state index contributed by atoms with van der Waals surface area (Å²) >= 11 is 0. The molecule has 2 rings (SSSR count). The zero-order valence-corrected chi connectivity index (χ0v) is 14.9. The van der Waals surface area contributed by atoms with Crippen molar-refractivity contribution in [3.05, 3.63) is 26.9 Å². The zero-order chi connectivity index (χ0) is 17.7. The number of amides is 1. The SMILES string of the molecule is CCCCNC(=O)[C@H]1CCCN(c2cc(=O)n(C)c(=O)n2CC)C1. The molecule has 7 nitrogen and oxygen atoms in total. The maximum absolute atomic E-state index is 12.3. The highest BCUT2D eigenvalue weighted by atomic mass is 16.2.